The van der Waals surface area contributed by atoms with Gasteiger partial charge in [-0.25, -0.2) is 0 Å². The molecule has 1 aliphatic carbocycles. The molecule has 0 radical (unpaired) electrons. The minimum atomic E-state index is -0.521. The molecule has 0 aliphatic heterocycles. The second-order valence-electron chi connectivity index (χ2n) is 10.0. The van der Waals surface area contributed by atoms with E-state index in [2.05, 4.69) is 6.58 Å². The minimum absolute atomic E-state index is 0. The van der Waals surface area contributed by atoms with Gasteiger partial charge < -0.3 is 15.6 Å². The molecule has 43 heavy (non-hydrogen) atoms. The Bertz CT molecular complexity index is 836. The molecule has 0 amide bonds. The number of ether oxygens (including phenoxy) is 3. The van der Waals surface area contributed by atoms with Crippen molar-refractivity contribution in [3.8, 4) is 0 Å². The molecule has 1 aliphatic rings. The number of carbonyl (C=O) groups excluding carboxylic acids is 3. The summed E-state index contributed by atoms with van der Waals surface area (Å²) in [6.07, 6.45) is 9.31. The van der Waals surface area contributed by atoms with Crippen molar-refractivity contribution < 1.29 is 81.4 Å². The van der Waals surface area contributed by atoms with Crippen LogP contribution in [0.2, 0.25) is 0 Å². The van der Waals surface area contributed by atoms with Gasteiger partial charge in [0, 0.05) is 13.5 Å². The average Bonchev–Trinajstić information content (AvgIpc) is 2.86. The Morgan fingerprint density at radius 2 is 1.37 bits per heavy atom. The maximum atomic E-state index is 12.9. The van der Waals surface area contributed by atoms with Crippen molar-refractivity contribution in [3.63, 3.8) is 0 Å². The Morgan fingerprint density at radius 3 is 1.84 bits per heavy atom. The zero-order valence-corrected chi connectivity index (χ0v) is 26.5. The van der Waals surface area contributed by atoms with Gasteiger partial charge in [0.1, 0.15) is 18.0 Å². The van der Waals surface area contributed by atoms with E-state index in [0.29, 0.717) is 31.6 Å². The average molecular weight is 637 g/mol. The monoisotopic (exact) mass is 636 g/mol. The molecule has 3 unspecified atom stereocenters. The number of hydrogen-bond acceptors (Lipinski definition) is 6. The molecule has 3 atom stereocenters. The zero-order chi connectivity index (χ0) is 26.3. The maximum Gasteiger partial charge on any atom is 1.00 e. The van der Waals surface area contributed by atoms with Gasteiger partial charge in [0.05, 0.1) is 18.9 Å². The maximum absolute atomic E-state index is 12.9. The normalized spacial score (nSPS) is 13.8. The smallest absolute Gasteiger partial charge is 1.00 e. The molecule has 6 nitrogen and oxygen atoms in total. The molecule has 0 spiro atoms. The van der Waals surface area contributed by atoms with Crippen LogP contribution in [0.4, 0.5) is 0 Å². The summed E-state index contributed by atoms with van der Waals surface area (Å²) in [6, 6.07) is 8.02. The molecule has 0 heterocycles. The van der Waals surface area contributed by atoms with E-state index in [-0.39, 0.29) is 134 Å². The van der Waals surface area contributed by atoms with Crippen LogP contribution in [0.15, 0.2) is 30.8 Å². The number of methoxy groups -OCH3 is 1. The minimum Gasteiger partial charge on any atom is -1.00 e. The van der Waals surface area contributed by atoms with Gasteiger partial charge in [-0.1, -0.05) is 121 Å². The third-order valence-corrected chi connectivity index (χ3v) is 6.98. The molecule has 1 saturated carbocycles. The summed E-state index contributed by atoms with van der Waals surface area (Å²) in [5, 5.41) is 0. The fourth-order valence-electron chi connectivity index (χ4n) is 4.87. The van der Waals surface area contributed by atoms with E-state index in [9.17, 15) is 14.4 Å². The Kier molecular flexibility index (Phi) is 39.6. The van der Waals surface area contributed by atoms with Crippen molar-refractivity contribution >= 4 is 23.8 Å². The van der Waals surface area contributed by atoms with Gasteiger partial charge in [-0.05, 0) is 49.7 Å². The quantitative estimate of drug-likeness (QED) is 0.141. The number of hydrogen-bond donors (Lipinski definition) is 0. The Balaban J connectivity index is -0.000000342. The fourth-order valence-corrected chi connectivity index (χ4v) is 4.87. The van der Waals surface area contributed by atoms with E-state index in [1.54, 1.807) is 13.2 Å². The standard InChI is InChI=1S/C30H44O6.6CH4.K.H/c1-5-23-12-14-24(15-13-23)16-17-27(18-22(3)31)35-30(33)21-28(19-25-10-8-7-9-11-25)36-29(32)20-26(6-2)34-4;;;;;;;;/h5,12-15,25-28H,1,6-11,16-21H2,2-4H3;6*1H4;;/q;;;;;;;+1;-1. The SMILES string of the molecule is C.C.C.C.C.C.C=Cc1ccc(CCC(CC(C)=O)OC(=O)CC(CC2CCCCC2)OC(=O)CC(CC)OC)cc1.[H-].[K+]. The molecule has 250 valence electrons. The molecule has 0 saturated heterocycles. The summed E-state index contributed by atoms with van der Waals surface area (Å²) < 4.78 is 16.9. The first-order chi connectivity index (χ1) is 17.3. The fraction of sp³-hybridized carbons (Fsp3) is 0.694. The van der Waals surface area contributed by atoms with Crippen LogP contribution < -0.4 is 51.4 Å². The first-order valence-electron chi connectivity index (χ1n) is 13.4. The van der Waals surface area contributed by atoms with Gasteiger partial charge in [0.15, 0.2) is 0 Å². The predicted octanol–water partition coefficient (Wildman–Crippen LogP) is 7.17. The zero-order valence-electron chi connectivity index (χ0n) is 24.3. The number of aryl methyl sites for hydroxylation is 1. The van der Waals surface area contributed by atoms with Crippen LogP contribution >= 0.6 is 0 Å². The van der Waals surface area contributed by atoms with Crippen molar-refractivity contribution in [1.29, 1.82) is 0 Å². The largest absolute Gasteiger partial charge is 1.00 e. The summed E-state index contributed by atoms with van der Waals surface area (Å²) >= 11 is 0. The van der Waals surface area contributed by atoms with Crippen molar-refractivity contribution in [3.05, 3.63) is 42.0 Å². The summed E-state index contributed by atoms with van der Waals surface area (Å²) in [5.74, 6) is -0.346. The van der Waals surface area contributed by atoms with E-state index in [4.69, 9.17) is 14.2 Å². The van der Waals surface area contributed by atoms with Gasteiger partial charge in [0.2, 0.25) is 0 Å². The van der Waals surface area contributed by atoms with Crippen molar-refractivity contribution in [1.82, 2.24) is 0 Å². The Morgan fingerprint density at radius 1 is 0.860 bits per heavy atom. The van der Waals surface area contributed by atoms with Gasteiger partial charge in [-0.3, -0.25) is 14.4 Å². The Labute approximate surface area is 311 Å². The molecule has 0 aromatic heterocycles. The van der Waals surface area contributed by atoms with Crippen LogP contribution in [0, 0.1) is 5.92 Å². The summed E-state index contributed by atoms with van der Waals surface area (Å²) in [5.41, 5.74) is 2.15. The predicted molar refractivity (Wildman–Crippen MR) is 183 cm³/mol. The molecule has 1 aromatic rings. The first kappa shape index (κ1) is 54.6. The van der Waals surface area contributed by atoms with E-state index in [0.717, 1.165) is 24.0 Å². The number of ketones is 1. The number of esters is 2. The van der Waals surface area contributed by atoms with E-state index >= 15 is 0 Å². The van der Waals surface area contributed by atoms with Crippen molar-refractivity contribution in [2.45, 2.75) is 154 Å². The third kappa shape index (κ3) is 23.2. The summed E-state index contributed by atoms with van der Waals surface area (Å²) in [4.78, 5) is 37.3. The number of Topliss-reactive ketones (excluding diaryl/α,β-unsaturated/α-hetero) is 1. The molecular weight excluding hydrogens is 567 g/mol. The van der Waals surface area contributed by atoms with Crippen LogP contribution in [0.25, 0.3) is 6.08 Å². The van der Waals surface area contributed by atoms with E-state index in [1.165, 1.54) is 26.2 Å². The topological polar surface area (TPSA) is 78.9 Å². The van der Waals surface area contributed by atoms with Crippen LogP contribution in [0.1, 0.15) is 142 Å². The first-order valence-corrected chi connectivity index (χ1v) is 13.4. The molecule has 1 fully saturated rings. The Hall–Kier alpha value is -0.834. The molecular formula is C36H69KO6. The van der Waals surface area contributed by atoms with E-state index < -0.39 is 18.2 Å². The number of rotatable bonds is 16. The molecule has 2 rings (SSSR count). The summed E-state index contributed by atoms with van der Waals surface area (Å²) in [7, 11) is 1.58. The van der Waals surface area contributed by atoms with Crippen LogP contribution in [-0.4, -0.2) is 43.1 Å². The van der Waals surface area contributed by atoms with Gasteiger partial charge in [-0.2, -0.15) is 0 Å². The molecule has 7 heteroatoms. The molecule has 0 N–H and O–H groups in total. The van der Waals surface area contributed by atoms with Gasteiger partial charge >= 0.3 is 63.3 Å². The molecule has 1 aromatic carbocycles. The summed E-state index contributed by atoms with van der Waals surface area (Å²) in [6.45, 7) is 7.24. The third-order valence-electron chi connectivity index (χ3n) is 6.98. The number of benzene rings is 1. The second-order valence-corrected chi connectivity index (χ2v) is 10.0. The van der Waals surface area contributed by atoms with Gasteiger partial charge in [-0.15, -0.1) is 0 Å². The van der Waals surface area contributed by atoms with E-state index in [1.807, 2.05) is 31.2 Å². The van der Waals surface area contributed by atoms with Crippen LogP contribution in [-0.2, 0) is 35.0 Å². The van der Waals surface area contributed by atoms with Gasteiger partial charge in [0.25, 0.3) is 0 Å². The molecule has 0 bridgehead atoms. The van der Waals surface area contributed by atoms with Crippen molar-refractivity contribution in [2.75, 3.05) is 7.11 Å². The number of carbonyl (C=O) groups is 3. The van der Waals surface area contributed by atoms with Crippen LogP contribution in [0.3, 0.4) is 0 Å². The second kappa shape index (κ2) is 31.2. The van der Waals surface area contributed by atoms with Crippen LogP contribution in [0.5, 0.6) is 0 Å². The van der Waals surface area contributed by atoms with Crippen molar-refractivity contribution in [2.24, 2.45) is 5.92 Å².